The van der Waals surface area contributed by atoms with E-state index in [1.807, 2.05) is 6.92 Å². The van der Waals surface area contributed by atoms with E-state index in [-0.39, 0.29) is 29.2 Å². The molecule has 0 radical (unpaired) electrons. The van der Waals surface area contributed by atoms with E-state index in [1.54, 1.807) is 29.2 Å². The highest BCUT2D eigenvalue weighted by Crippen LogP contribution is 2.22. The molecule has 148 valence electrons. The first-order chi connectivity index (χ1) is 13.5. The molecule has 2 amide bonds. The Hall–Kier alpha value is -2.73. The Kier molecular flexibility index (Phi) is 6.41. The number of phenolic OH excluding ortho intramolecular Hbond substituents is 1. The van der Waals surface area contributed by atoms with E-state index in [1.165, 1.54) is 18.2 Å². The maximum atomic E-state index is 12.7. The Balaban J connectivity index is 1.54. The van der Waals surface area contributed by atoms with E-state index in [4.69, 9.17) is 16.3 Å². The van der Waals surface area contributed by atoms with Gasteiger partial charge in [-0.25, -0.2) is 0 Å². The summed E-state index contributed by atoms with van der Waals surface area (Å²) in [4.78, 5) is 26.8. The number of benzene rings is 2. The van der Waals surface area contributed by atoms with Crippen LogP contribution in [0.1, 0.15) is 40.5 Å². The number of ether oxygens (including phenoxy) is 1. The Morgan fingerprint density at radius 2 is 1.86 bits per heavy atom. The third-order valence-electron chi connectivity index (χ3n) is 4.73. The van der Waals surface area contributed by atoms with E-state index in [0.29, 0.717) is 43.1 Å². The minimum Gasteiger partial charge on any atom is -0.507 e. The summed E-state index contributed by atoms with van der Waals surface area (Å²) in [5.41, 5.74) is 0.773. The molecule has 1 heterocycles. The molecule has 0 bridgehead atoms. The van der Waals surface area contributed by atoms with Crippen LogP contribution < -0.4 is 10.1 Å². The van der Waals surface area contributed by atoms with Gasteiger partial charge in [-0.1, -0.05) is 11.6 Å². The monoisotopic (exact) mass is 402 g/mol. The summed E-state index contributed by atoms with van der Waals surface area (Å²) in [6.07, 6.45) is 1.30. The maximum Gasteiger partial charge on any atom is 0.255 e. The first-order valence-corrected chi connectivity index (χ1v) is 9.67. The molecule has 3 rings (SSSR count). The molecule has 0 aliphatic carbocycles. The lowest BCUT2D eigenvalue weighted by Gasteiger charge is -2.32. The van der Waals surface area contributed by atoms with E-state index < -0.39 is 0 Å². The van der Waals surface area contributed by atoms with Crippen molar-refractivity contribution in [2.24, 2.45) is 0 Å². The number of carbonyl (C=O) groups is 2. The van der Waals surface area contributed by atoms with E-state index in [0.717, 1.165) is 5.75 Å². The fourth-order valence-electron chi connectivity index (χ4n) is 3.22. The van der Waals surface area contributed by atoms with Gasteiger partial charge in [0.25, 0.3) is 11.8 Å². The molecular weight excluding hydrogens is 380 g/mol. The first kappa shape index (κ1) is 20.0. The first-order valence-electron chi connectivity index (χ1n) is 9.29. The third kappa shape index (κ3) is 4.75. The Morgan fingerprint density at radius 1 is 1.18 bits per heavy atom. The molecular formula is C21H23ClN2O4. The molecule has 1 aliphatic heterocycles. The summed E-state index contributed by atoms with van der Waals surface area (Å²) in [5.74, 6) is 0.242. The van der Waals surface area contributed by atoms with Gasteiger partial charge in [0.15, 0.2) is 0 Å². The second-order valence-corrected chi connectivity index (χ2v) is 7.10. The van der Waals surface area contributed by atoms with Gasteiger partial charge in [0.05, 0.1) is 12.2 Å². The lowest BCUT2D eigenvalue weighted by atomic mass is 10.0. The van der Waals surface area contributed by atoms with Crippen molar-refractivity contribution in [3.63, 3.8) is 0 Å². The van der Waals surface area contributed by atoms with Crippen LogP contribution in [0, 0.1) is 0 Å². The van der Waals surface area contributed by atoms with Gasteiger partial charge in [0, 0.05) is 29.7 Å². The predicted octanol–water partition coefficient (Wildman–Crippen LogP) is 3.48. The van der Waals surface area contributed by atoms with E-state index >= 15 is 0 Å². The molecule has 6 nitrogen and oxygen atoms in total. The molecule has 28 heavy (non-hydrogen) atoms. The summed E-state index contributed by atoms with van der Waals surface area (Å²) in [6, 6.07) is 11.4. The summed E-state index contributed by atoms with van der Waals surface area (Å²) in [7, 11) is 0. The van der Waals surface area contributed by atoms with Gasteiger partial charge < -0.3 is 20.1 Å². The number of likely N-dealkylation sites (tertiary alicyclic amines) is 1. The Bertz CT molecular complexity index is 846. The highest BCUT2D eigenvalue weighted by atomic mass is 35.5. The van der Waals surface area contributed by atoms with E-state index in [2.05, 4.69) is 5.32 Å². The normalized spacial score (nSPS) is 14.6. The van der Waals surface area contributed by atoms with Gasteiger partial charge in [-0.15, -0.1) is 0 Å². The van der Waals surface area contributed by atoms with E-state index in [9.17, 15) is 14.7 Å². The molecule has 0 aromatic heterocycles. The molecule has 7 heteroatoms. The number of carbonyl (C=O) groups excluding carboxylic acids is 2. The average Bonchev–Trinajstić information content (AvgIpc) is 2.70. The molecule has 0 unspecified atom stereocenters. The molecule has 0 saturated carbocycles. The number of rotatable bonds is 5. The Morgan fingerprint density at radius 3 is 2.50 bits per heavy atom. The number of hydrogen-bond acceptors (Lipinski definition) is 4. The van der Waals surface area contributed by atoms with Crippen molar-refractivity contribution in [1.29, 1.82) is 0 Å². The molecule has 2 aromatic carbocycles. The molecule has 0 spiro atoms. The minimum absolute atomic E-state index is 0.0275. The van der Waals surface area contributed by atoms with Crippen molar-refractivity contribution >= 4 is 23.4 Å². The second kappa shape index (κ2) is 8.97. The number of amides is 2. The van der Waals surface area contributed by atoms with Crippen LogP contribution in [0.25, 0.3) is 0 Å². The third-order valence-corrected chi connectivity index (χ3v) is 4.97. The zero-order chi connectivity index (χ0) is 20.1. The molecule has 1 fully saturated rings. The maximum absolute atomic E-state index is 12.7. The molecule has 0 atom stereocenters. The van der Waals surface area contributed by atoms with Gasteiger partial charge in [0.2, 0.25) is 0 Å². The largest absolute Gasteiger partial charge is 0.507 e. The summed E-state index contributed by atoms with van der Waals surface area (Å²) < 4.78 is 5.40. The highest BCUT2D eigenvalue weighted by Gasteiger charge is 2.25. The summed E-state index contributed by atoms with van der Waals surface area (Å²) >= 11 is 5.90. The van der Waals surface area contributed by atoms with Crippen molar-refractivity contribution in [3.05, 3.63) is 58.6 Å². The van der Waals surface area contributed by atoms with Crippen LogP contribution in [0.2, 0.25) is 5.02 Å². The van der Waals surface area contributed by atoms with Crippen LogP contribution in [-0.2, 0) is 0 Å². The van der Waals surface area contributed by atoms with Gasteiger partial charge >= 0.3 is 0 Å². The second-order valence-electron chi connectivity index (χ2n) is 6.66. The smallest absolute Gasteiger partial charge is 0.255 e. The van der Waals surface area contributed by atoms with Crippen LogP contribution in [0.5, 0.6) is 11.5 Å². The van der Waals surface area contributed by atoms with Crippen LogP contribution in [0.4, 0.5) is 0 Å². The van der Waals surface area contributed by atoms with Crippen molar-refractivity contribution < 1.29 is 19.4 Å². The standard InChI is InChI=1S/C21H23ClN2O4/c1-2-28-17-6-3-14(4-7-17)21(27)24-11-9-16(10-12-24)23-20(26)18-13-15(22)5-8-19(18)25/h3-8,13,16,25H,2,9-12H2,1H3,(H,23,26). The summed E-state index contributed by atoms with van der Waals surface area (Å²) in [6.45, 7) is 3.60. The van der Waals surface area contributed by atoms with Crippen molar-refractivity contribution in [3.8, 4) is 11.5 Å². The number of halogens is 1. The van der Waals surface area contributed by atoms with Crippen molar-refractivity contribution in [1.82, 2.24) is 10.2 Å². The molecule has 2 N–H and O–H groups in total. The quantitative estimate of drug-likeness (QED) is 0.802. The number of phenols is 1. The molecule has 2 aromatic rings. The van der Waals surface area contributed by atoms with Gasteiger partial charge in [-0.3, -0.25) is 9.59 Å². The van der Waals surface area contributed by atoms with Gasteiger partial charge in [0.1, 0.15) is 11.5 Å². The zero-order valence-electron chi connectivity index (χ0n) is 15.7. The van der Waals surface area contributed by atoms with Crippen molar-refractivity contribution in [2.45, 2.75) is 25.8 Å². The fraction of sp³-hybridized carbons (Fsp3) is 0.333. The van der Waals surface area contributed by atoms with Crippen LogP contribution >= 0.6 is 11.6 Å². The van der Waals surface area contributed by atoms with Crippen LogP contribution in [-0.4, -0.2) is 47.6 Å². The lowest BCUT2D eigenvalue weighted by molar-refractivity contribution is 0.0698. The molecule has 1 aliphatic rings. The average molecular weight is 403 g/mol. The Labute approximate surface area is 169 Å². The fourth-order valence-corrected chi connectivity index (χ4v) is 3.40. The predicted molar refractivity (Wildman–Crippen MR) is 107 cm³/mol. The highest BCUT2D eigenvalue weighted by molar-refractivity contribution is 6.31. The van der Waals surface area contributed by atoms with Crippen molar-refractivity contribution in [2.75, 3.05) is 19.7 Å². The SMILES string of the molecule is CCOc1ccc(C(=O)N2CCC(NC(=O)c3cc(Cl)ccc3O)CC2)cc1. The summed E-state index contributed by atoms with van der Waals surface area (Å²) in [5, 5.41) is 13.1. The number of aromatic hydroxyl groups is 1. The van der Waals surface area contributed by atoms with Gasteiger partial charge in [-0.2, -0.15) is 0 Å². The van der Waals surface area contributed by atoms with Crippen LogP contribution in [0.15, 0.2) is 42.5 Å². The zero-order valence-corrected chi connectivity index (χ0v) is 16.4. The number of piperidine rings is 1. The number of hydrogen-bond donors (Lipinski definition) is 2. The molecule has 1 saturated heterocycles. The van der Waals surface area contributed by atoms with Gasteiger partial charge in [-0.05, 0) is 62.2 Å². The number of nitrogens with one attached hydrogen (secondary N) is 1. The van der Waals surface area contributed by atoms with Crippen LogP contribution in [0.3, 0.4) is 0 Å². The minimum atomic E-state index is -0.365. The number of nitrogens with zero attached hydrogens (tertiary/aromatic N) is 1. The lowest BCUT2D eigenvalue weighted by Crippen LogP contribution is -2.46. The topological polar surface area (TPSA) is 78.9 Å².